The van der Waals surface area contributed by atoms with Crippen LogP contribution in [0, 0.1) is 5.82 Å². The van der Waals surface area contributed by atoms with Gasteiger partial charge in [0.05, 0.1) is 13.1 Å². The van der Waals surface area contributed by atoms with E-state index in [0.29, 0.717) is 5.56 Å². The molecule has 0 saturated carbocycles. The summed E-state index contributed by atoms with van der Waals surface area (Å²) in [6.45, 7) is -0.0191. The molecule has 0 atom stereocenters. The van der Waals surface area contributed by atoms with Gasteiger partial charge in [-0.1, -0.05) is 0 Å². The van der Waals surface area contributed by atoms with Crippen LogP contribution in [0.5, 0.6) is 0 Å². The number of rotatable bonds is 5. The minimum Gasteiger partial charge on any atom is -0.480 e. The van der Waals surface area contributed by atoms with Gasteiger partial charge in [0.15, 0.2) is 0 Å². The second-order valence-corrected chi connectivity index (χ2v) is 3.51. The molecule has 94 valence electrons. The predicted molar refractivity (Wildman–Crippen MR) is 59.0 cm³/mol. The van der Waals surface area contributed by atoms with E-state index in [1.54, 1.807) is 0 Å². The molecule has 0 radical (unpaired) electrons. The highest BCUT2D eigenvalue weighted by molar-refractivity contribution is 5.68. The average molecular weight is 251 g/mol. The number of halogens is 1. The summed E-state index contributed by atoms with van der Waals surface area (Å²) < 4.78 is 18.0. The Bertz CT molecular complexity index is 539. The zero-order valence-corrected chi connectivity index (χ0v) is 9.26. The highest BCUT2D eigenvalue weighted by Crippen LogP contribution is 2.17. The van der Waals surface area contributed by atoms with E-state index in [9.17, 15) is 9.18 Å². The maximum absolute atomic E-state index is 12.7. The van der Waals surface area contributed by atoms with Gasteiger partial charge in [-0.25, -0.2) is 4.39 Å². The number of carboxylic acids is 1. The summed E-state index contributed by atoms with van der Waals surface area (Å²) in [6.07, 6.45) is 0. The summed E-state index contributed by atoms with van der Waals surface area (Å²) in [5.41, 5.74) is 0.605. The Kier molecular flexibility index (Phi) is 3.63. The molecule has 2 N–H and O–H groups in total. The average Bonchev–Trinajstić information content (AvgIpc) is 2.78. The normalized spacial score (nSPS) is 10.5. The first-order chi connectivity index (χ1) is 8.65. The van der Waals surface area contributed by atoms with Crippen molar-refractivity contribution in [2.75, 3.05) is 6.54 Å². The summed E-state index contributed by atoms with van der Waals surface area (Å²) in [5, 5.41) is 18.6. The quantitative estimate of drug-likeness (QED) is 0.825. The first-order valence-electron chi connectivity index (χ1n) is 5.16. The van der Waals surface area contributed by atoms with E-state index < -0.39 is 5.97 Å². The number of carbonyl (C=O) groups is 1. The minimum absolute atomic E-state index is 0.167. The van der Waals surface area contributed by atoms with Crippen molar-refractivity contribution in [3.05, 3.63) is 36.0 Å². The standard InChI is InChI=1S/C11H10FN3O3/c12-8-3-1-7(2-4-8)11-15-14-9(18-11)5-13-6-10(16)17/h1-4,13H,5-6H2,(H,16,17). The van der Waals surface area contributed by atoms with Gasteiger partial charge in [-0.2, -0.15) is 0 Å². The molecule has 18 heavy (non-hydrogen) atoms. The van der Waals surface area contributed by atoms with Gasteiger partial charge in [-0.15, -0.1) is 10.2 Å². The van der Waals surface area contributed by atoms with Crippen molar-refractivity contribution >= 4 is 5.97 Å². The SMILES string of the molecule is O=C(O)CNCc1nnc(-c2ccc(F)cc2)o1. The third-order valence-corrected chi connectivity index (χ3v) is 2.11. The number of hydrogen-bond acceptors (Lipinski definition) is 5. The van der Waals surface area contributed by atoms with Crippen LogP contribution in [0.4, 0.5) is 4.39 Å². The molecule has 1 aromatic heterocycles. The number of nitrogens with zero attached hydrogens (tertiary/aromatic N) is 2. The van der Waals surface area contributed by atoms with Gasteiger partial charge in [0.2, 0.25) is 11.8 Å². The van der Waals surface area contributed by atoms with Crippen LogP contribution < -0.4 is 5.32 Å². The zero-order valence-electron chi connectivity index (χ0n) is 9.26. The second kappa shape index (κ2) is 5.37. The first kappa shape index (κ1) is 12.2. The summed E-state index contributed by atoms with van der Waals surface area (Å²) in [6, 6.07) is 5.64. The summed E-state index contributed by atoms with van der Waals surface area (Å²) in [7, 11) is 0. The third-order valence-electron chi connectivity index (χ3n) is 2.11. The van der Waals surface area contributed by atoms with E-state index in [0.717, 1.165) is 0 Å². The van der Waals surface area contributed by atoms with Crippen molar-refractivity contribution < 1.29 is 18.7 Å². The van der Waals surface area contributed by atoms with Crippen LogP contribution in [-0.4, -0.2) is 27.8 Å². The van der Waals surface area contributed by atoms with Crippen molar-refractivity contribution in [1.82, 2.24) is 15.5 Å². The topological polar surface area (TPSA) is 88.2 Å². The second-order valence-electron chi connectivity index (χ2n) is 3.51. The van der Waals surface area contributed by atoms with E-state index in [1.807, 2.05) is 0 Å². The molecule has 2 rings (SSSR count). The number of nitrogens with one attached hydrogen (secondary N) is 1. The van der Waals surface area contributed by atoms with Gasteiger partial charge < -0.3 is 9.52 Å². The molecular formula is C11H10FN3O3. The highest BCUT2D eigenvalue weighted by atomic mass is 19.1. The van der Waals surface area contributed by atoms with Crippen LogP contribution >= 0.6 is 0 Å². The Balaban J connectivity index is 2.01. The van der Waals surface area contributed by atoms with Crippen LogP contribution in [0.2, 0.25) is 0 Å². The molecule has 2 aromatic rings. The van der Waals surface area contributed by atoms with Crippen molar-refractivity contribution in [3.63, 3.8) is 0 Å². The molecule has 0 spiro atoms. The Hall–Kier alpha value is -2.28. The monoisotopic (exact) mass is 251 g/mol. The largest absolute Gasteiger partial charge is 0.480 e. The highest BCUT2D eigenvalue weighted by Gasteiger charge is 2.08. The van der Waals surface area contributed by atoms with Crippen LogP contribution in [0.1, 0.15) is 5.89 Å². The maximum atomic E-state index is 12.7. The molecule has 0 aliphatic carbocycles. The molecule has 0 aliphatic heterocycles. The molecule has 0 unspecified atom stereocenters. The summed E-state index contributed by atoms with van der Waals surface area (Å²) in [5.74, 6) is -0.771. The molecule has 0 aliphatic rings. The first-order valence-corrected chi connectivity index (χ1v) is 5.16. The predicted octanol–water partition coefficient (Wildman–Crippen LogP) is 1.05. The van der Waals surface area contributed by atoms with Gasteiger partial charge in [-0.3, -0.25) is 10.1 Å². The van der Waals surface area contributed by atoms with Gasteiger partial charge in [0.25, 0.3) is 0 Å². The lowest BCUT2D eigenvalue weighted by Gasteiger charge is -1.96. The fourth-order valence-corrected chi connectivity index (χ4v) is 1.31. The lowest BCUT2D eigenvalue weighted by molar-refractivity contribution is -0.136. The Morgan fingerprint density at radius 3 is 2.72 bits per heavy atom. The van der Waals surface area contributed by atoms with Crippen molar-refractivity contribution in [2.45, 2.75) is 6.54 Å². The smallest absolute Gasteiger partial charge is 0.317 e. The number of benzene rings is 1. The maximum Gasteiger partial charge on any atom is 0.317 e. The molecule has 0 amide bonds. The number of hydrogen-bond donors (Lipinski definition) is 2. The van der Waals surface area contributed by atoms with E-state index in [-0.39, 0.29) is 30.7 Å². The molecule has 0 saturated heterocycles. The van der Waals surface area contributed by atoms with Crippen molar-refractivity contribution in [2.24, 2.45) is 0 Å². The van der Waals surface area contributed by atoms with Crippen molar-refractivity contribution in [3.8, 4) is 11.5 Å². The Morgan fingerprint density at radius 1 is 1.33 bits per heavy atom. The molecule has 0 fully saturated rings. The molecule has 0 bridgehead atoms. The fraction of sp³-hybridized carbons (Fsp3) is 0.182. The molecule has 1 heterocycles. The lowest BCUT2D eigenvalue weighted by atomic mass is 10.2. The van der Waals surface area contributed by atoms with Gasteiger partial charge in [-0.05, 0) is 24.3 Å². The number of carboxylic acid groups (broad SMARTS) is 1. The van der Waals surface area contributed by atoms with Gasteiger partial charge in [0.1, 0.15) is 5.82 Å². The van der Waals surface area contributed by atoms with E-state index >= 15 is 0 Å². The van der Waals surface area contributed by atoms with E-state index in [2.05, 4.69) is 15.5 Å². The molecule has 7 heteroatoms. The van der Waals surface area contributed by atoms with E-state index in [4.69, 9.17) is 9.52 Å². The van der Waals surface area contributed by atoms with Gasteiger partial charge in [0, 0.05) is 5.56 Å². The van der Waals surface area contributed by atoms with Crippen LogP contribution in [0.25, 0.3) is 11.5 Å². The zero-order chi connectivity index (χ0) is 13.0. The fourth-order valence-electron chi connectivity index (χ4n) is 1.31. The number of aliphatic carboxylic acids is 1. The summed E-state index contributed by atoms with van der Waals surface area (Å²) in [4.78, 5) is 10.3. The van der Waals surface area contributed by atoms with E-state index in [1.165, 1.54) is 24.3 Å². The lowest BCUT2D eigenvalue weighted by Crippen LogP contribution is -2.21. The molecule has 6 nitrogen and oxygen atoms in total. The molecule has 1 aromatic carbocycles. The van der Waals surface area contributed by atoms with Crippen LogP contribution in [0.3, 0.4) is 0 Å². The molecular weight excluding hydrogens is 241 g/mol. The summed E-state index contributed by atoms with van der Waals surface area (Å²) >= 11 is 0. The van der Waals surface area contributed by atoms with Crippen LogP contribution in [0.15, 0.2) is 28.7 Å². The minimum atomic E-state index is -0.965. The Morgan fingerprint density at radius 2 is 2.06 bits per heavy atom. The third kappa shape index (κ3) is 3.11. The van der Waals surface area contributed by atoms with Crippen LogP contribution in [-0.2, 0) is 11.3 Å². The number of aromatic nitrogens is 2. The Labute approximate surface area is 101 Å². The van der Waals surface area contributed by atoms with Crippen molar-refractivity contribution in [1.29, 1.82) is 0 Å². The van der Waals surface area contributed by atoms with Gasteiger partial charge >= 0.3 is 5.97 Å².